The van der Waals surface area contributed by atoms with E-state index in [0.717, 1.165) is 47.5 Å². The molecule has 5 atom stereocenters. The number of halogens is 1. The molecule has 146 valence electrons. The monoisotopic (exact) mass is 435 g/mol. The van der Waals surface area contributed by atoms with Crippen molar-refractivity contribution in [2.45, 2.75) is 61.7 Å². The van der Waals surface area contributed by atoms with Crippen molar-refractivity contribution in [2.24, 2.45) is 5.92 Å². The van der Waals surface area contributed by atoms with Crippen LogP contribution in [-0.4, -0.2) is 58.4 Å². The van der Waals surface area contributed by atoms with Crippen LogP contribution >= 0.6 is 0 Å². The fourth-order valence-electron chi connectivity index (χ4n) is 6.94. The Kier molecular flexibility index (Phi) is 3.51. The van der Waals surface area contributed by atoms with Crippen LogP contribution in [0.2, 0.25) is 0 Å². The summed E-state index contributed by atoms with van der Waals surface area (Å²) < 4.78 is 6.98. The smallest absolute Gasteiger partial charge is 0.174 e. The number of aromatic hydroxyl groups is 1. The maximum atomic E-state index is 12.8. The standard InChI is InChI=1S/C21H25NO4.BrH/c1-22(11-12-2-3-12)9-8-20-17-13-4-5-14(23)18(17)26-19(20)15(24)6-7-21(20,25)16(22)10-13;/h4-5,12,16,19,25H,2-3,6-11H2,1H3;1H/t16-,19+,20+,21-,22+;/m1./s1. The van der Waals surface area contributed by atoms with E-state index in [2.05, 4.69) is 7.05 Å². The van der Waals surface area contributed by atoms with Crippen molar-refractivity contribution in [3.05, 3.63) is 23.3 Å². The van der Waals surface area contributed by atoms with Crippen LogP contribution in [0.1, 0.15) is 43.2 Å². The highest BCUT2D eigenvalue weighted by Gasteiger charge is 2.76. The number of Topliss-reactive ketones (excluding diaryl/α,β-unsaturated/α-hetero) is 1. The number of carbonyl (C=O) groups is 1. The van der Waals surface area contributed by atoms with Gasteiger partial charge in [0, 0.05) is 30.7 Å². The molecule has 2 N–H and O–H groups in total. The molecule has 0 unspecified atom stereocenters. The van der Waals surface area contributed by atoms with Gasteiger partial charge < -0.3 is 36.4 Å². The molecule has 2 saturated carbocycles. The minimum atomic E-state index is -0.931. The lowest BCUT2D eigenvalue weighted by atomic mass is 9.48. The van der Waals surface area contributed by atoms with Crippen molar-refractivity contribution in [3.63, 3.8) is 0 Å². The Labute approximate surface area is 169 Å². The van der Waals surface area contributed by atoms with Gasteiger partial charge in [0.25, 0.3) is 0 Å². The Morgan fingerprint density at radius 2 is 2.07 bits per heavy atom. The van der Waals surface area contributed by atoms with Gasteiger partial charge in [-0.05, 0) is 30.9 Å². The van der Waals surface area contributed by atoms with Gasteiger partial charge in [-0.2, -0.15) is 0 Å². The van der Waals surface area contributed by atoms with E-state index >= 15 is 0 Å². The van der Waals surface area contributed by atoms with Gasteiger partial charge in [0.15, 0.2) is 23.4 Å². The molecule has 3 aliphatic carbocycles. The number of ether oxygens (including phenoxy) is 1. The highest BCUT2D eigenvalue weighted by atomic mass is 79.9. The van der Waals surface area contributed by atoms with Gasteiger partial charge in [-0.25, -0.2) is 0 Å². The van der Waals surface area contributed by atoms with E-state index in [1.807, 2.05) is 6.07 Å². The average molecular weight is 436 g/mol. The minimum Gasteiger partial charge on any atom is -1.00 e. The zero-order valence-electron chi connectivity index (χ0n) is 15.6. The first-order chi connectivity index (χ1) is 12.4. The molecule has 5 nitrogen and oxygen atoms in total. The lowest BCUT2D eigenvalue weighted by Crippen LogP contribution is -3.00. The van der Waals surface area contributed by atoms with Crippen LogP contribution in [0.4, 0.5) is 0 Å². The molecule has 27 heavy (non-hydrogen) atoms. The van der Waals surface area contributed by atoms with Gasteiger partial charge in [-0.15, -0.1) is 0 Å². The number of piperidine rings is 1. The fraction of sp³-hybridized carbons (Fsp3) is 0.667. The van der Waals surface area contributed by atoms with Crippen LogP contribution < -0.4 is 21.7 Å². The number of phenolic OH excluding ortho intramolecular Hbond substituents is 1. The molecule has 2 heterocycles. The lowest BCUT2D eigenvalue weighted by Gasteiger charge is -2.64. The molecular weight excluding hydrogens is 410 g/mol. The number of hydrogen-bond donors (Lipinski definition) is 2. The molecule has 1 aromatic carbocycles. The first-order valence-electron chi connectivity index (χ1n) is 10.0. The molecule has 5 aliphatic rings. The van der Waals surface area contributed by atoms with Crippen molar-refractivity contribution < 1.29 is 41.2 Å². The normalized spacial score (nSPS) is 43.6. The van der Waals surface area contributed by atoms with Crippen molar-refractivity contribution in [1.29, 1.82) is 0 Å². The predicted molar refractivity (Wildman–Crippen MR) is 94.1 cm³/mol. The summed E-state index contributed by atoms with van der Waals surface area (Å²) in [6, 6.07) is 3.77. The second-order valence-electron chi connectivity index (χ2n) is 9.61. The first kappa shape index (κ1) is 18.0. The maximum absolute atomic E-state index is 12.8. The van der Waals surface area contributed by atoms with E-state index in [-0.39, 0.29) is 34.6 Å². The SMILES string of the molecule is C[N@@+]1(CC2CC2)CC[C@]23c4c5ccc(O)c4O[C@H]2C(=O)CC[C@@]3(O)[C@H]1C5.[Br-]. The topological polar surface area (TPSA) is 66.8 Å². The number of nitrogens with zero attached hydrogens (tertiary/aromatic N) is 1. The number of phenols is 1. The van der Waals surface area contributed by atoms with E-state index in [4.69, 9.17) is 4.74 Å². The van der Waals surface area contributed by atoms with Crippen molar-refractivity contribution in [1.82, 2.24) is 0 Å². The second kappa shape index (κ2) is 5.28. The molecule has 2 aliphatic heterocycles. The number of hydrogen-bond acceptors (Lipinski definition) is 4. The van der Waals surface area contributed by atoms with Crippen LogP contribution in [-0.2, 0) is 16.6 Å². The summed E-state index contributed by atoms with van der Waals surface area (Å²) in [5, 5.41) is 22.5. The number of quaternary nitrogens is 1. The number of benzene rings is 1. The molecule has 1 aromatic rings. The third kappa shape index (κ3) is 1.94. The van der Waals surface area contributed by atoms with Crippen molar-refractivity contribution in [3.8, 4) is 11.5 Å². The highest BCUT2D eigenvalue weighted by molar-refractivity contribution is 5.90. The van der Waals surface area contributed by atoms with E-state index in [9.17, 15) is 15.0 Å². The summed E-state index contributed by atoms with van der Waals surface area (Å²) in [5.74, 6) is 1.42. The van der Waals surface area contributed by atoms with Crippen LogP contribution in [0, 0.1) is 5.92 Å². The third-order valence-electron chi connectivity index (χ3n) is 8.28. The first-order valence-corrected chi connectivity index (χ1v) is 10.0. The zero-order chi connectivity index (χ0) is 17.9. The van der Waals surface area contributed by atoms with E-state index in [1.54, 1.807) is 6.07 Å². The molecule has 6 heteroatoms. The van der Waals surface area contributed by atoms with Crippen molar-refractivity contribution in [2.75, 3.05) is 20.1 Å². The number of aliphatic hydroxyl groups is 1. The van der Waals surface area contributed by atoms with Gasteiger partial charge in [-0.3, -0.25) is 4.79 Å². The van der Waals surface area contributed by atoms with Crippen LogP contribution in [0.15, 0.2) is 12.1 Å². The molecule has 0 radical (unpaired) electrons. The number of rotatable bonds is 2. The Bertz CT molecular complexity index is 855. The van der Waals surface area contributed by atoms with E-state index < -0.39 is 17.1 Å². The zero-order valence-corrected chi connectivity index (χ0v) is 17.2. The molecule has 6 rings (SSSR count). The average Bonchev–Trinajstić information content (AvgIpc) is 3.32. The second-order valence-corrected chi connectivity index (χ2v) is 9.61. The largest absolute Gasteiger partial charge is 1.00 e. The number of carbonyl (C=O) groups excluding carboxylic acids is 1. The molecule has 2 bridgehead atoms. The molecule has 3 fully saturated rings. The van der Waals surface area contributed by atoms with Crippen LogP contribution in [0.25, 0.3) is 0 Å². The summed E-state index contributed by atoms with van der Waals surface area (Å²) in [7, 11) is 2.31. The van der Waals surface area contributed by atoms with E-state index in [0.29, 0.717) is 18.6 Å². The molecule has 0 amide bonds. The number of likely N-dealkylation sites (tertiary alicyclic amines) is 1. The van der Waals surface area contributed by atoms with Gasteiger partial charge in [-0.1, -0.05) is 6.07 Å². The Balaban J connectivity index is 0.00000160. The van der Waals surface area contributed by atoms with Crippen LogP contribution in [0.3, 0.4) is 0 Å². The van der Waals surface area contributed by atoms with Gasteiger partial charge >= 0.3 is 0 Å². The summed E-state index contributed by atoms with van der Waals surface area (Å²) in [6.45, 7) is 2.09. The number of ketones is 1. The minimum absolute atomic E-state index is 0. The van der Waals surface area contributed by atoms with E-state index in [1.165, 1.54) is 12.8 Å². The predicted octanol–water partition coefficient (Wildman–Crippen LogP) is -1.33. The lowest BCUT2D eigenvalue weighted by molar-refractivity contribution is -0.950. The summed E-state index contributed by atoms with van der Waals surface area (Å²) in [4.78, 5) is 12.8. The molecule has 1 saturated heterocycles. The summed E-state index contributed by atoms with van der Waals surface area (Å²) in [5.41, 5.74) is 0.492. The summed E-state index contributed by atoms with van der Waals surface area (Å²) in [6.07, 6.45) is 4.42. The summed E-state index contributed by atoms with van der Waals surface area (Å²) >= 11 is 0. The van der Waals surface area contributed by atoms with Gasteiger partial charge in [0.1, 0.15) is 11.6 Å². The fourth-order valence-corrected chi connectivity index (χ4v) is 6.94. The Hall–Kier alpha value is -1.11. The molecule has 0 aromatic heterocycles. The quantitative estimate of drug-likeness (QED) is 0.565. The Morgan fingerprint density at radius 1 is 1.30 bits per heavy atom. The maximum Gasteiger partial charge on any atom is 0.174 e. The van der Waals surface area contributed by atoms with Crippen LogP contribution in [0.5, 0.6) is 11.5 Å². The third-order valence-corrected chi connectivity index (χ3v) is 8.28. The molecule has 1 spiro atoms. The molecular formula is C21H26BrNO4. The van der Waals surface area contributed by atoms with Gasteiger partial charge in [0.2, 0.25) is 0 Å². The van der Waals surface area contributed by atoms with Gasteiger partial charge in [0.05, 0.1) is 25.6 Å². The number of likely N-dealkylation sites (N-methyl/N-ethyl adjacent to an activating group) is 1. The Morgan fingerprint density at radius 3 is 2.81 bits per heavy atom. The van der Waals surface area contributed by atoms with Crippen molar-refractivity contribution >= 4 is 5.78 Å². The highest BCUT2D eigenvalue weighted by Crippen LogP contribution is 2.65.